The minimum Gasteiger partial charge on any atom is -0.324 e. The number of benzene rings is 1. The number of hydrogen-bond acceptors (Lipinski definition) is 1. The van der Waals surface area contributed by atoms with Gasteiger partial charge in [-0.3, -0.25) is 0 Å². The van der Waals surface area contributed by atoms with Gasteiger partial charge in [-0.2, -0.15) is 0 Å². The van der Waals surface area contributed by atoms with E-state index in [1.165, 1.54) is 0 Å². The first-order valence-corrected chi connectivity index (χ1v) is 4.96. The van der Waals surface area contributed by atoms with E-state index in [-0.39, 0.29) is 5.56 Å². The number of rotatable bonds is 5. The number of nitrogens with two attached hydrogens (primary N) is 1. The SMILES string of the molecule is C=CCCCC(N)c1cc(F)ccc1F. The predicted molar refractivity (Wildman–Crippen MR) is 57.3 cm³/mol. The Morgan fingerprint density at radius 3 is 2.80 bits per heavy atom. The number of hydrogen-bond donors (Lipinski definition) is 1. The van der Waals surface area contributed by atoms with E-state index in [4.69, 9.17) is 5.73 Å². The molecule has 0 bridgehead atoms. The average Bonchev–Trinajstić information content (AvgIpc) is 2.22. The molecule has 0 aliphatic rings. The van der Waals surface area contributed by atoms with Gasteiger partial charge in [0.1, 0.15) is 11.6 Å². The smallest absolute Gasteiger partial charge is 0.128 e. The minimum absolute atomic E-state index is 0.249. The Morgan fingerprint density at radius 1 is 1.40 bits per heavy atom. The van der Waals surface area contributed by atoms with Crippen molar-refractivity contribution >= 4 is 0 Å². The van der Waals surface area contributed by atoms with Crippen molar-refractivity contribution in [2.45, 2.75) is 25.3 Å². The zero-order valence-corrected chi connectivity index (χ0v) is 8.55. The van der Waals surface area contributed by atoms with Gasteiger partial charge in [0.05, 0.1) is 0 Å². The molecule has 1 aromatic carbocycles. The van der Waals surface area contributed by atoms with Crippen molar-refractivity contribution in [1.29, 1.82) is 0 Å². The predicted octanol–water partition coefficient (Wildman–Crippen LogP) is 3.32. The van der Waals surface area contributed by atoms with Crippen molar-refractivity contribution in [3.8, 4) is 0 Å². The molecule has 1 atom stereocenters. The van der Waals surface area contributed by atoms with Gasteiger partial charge in [0.2, 0.25) is 0 Å². The van der Waals surface area contributed by atoms with Crippen molar-refractivity contribution in [2.24, 2.45) is 5.73 Å². The van der Waals surface area contributed by atoms with E-state index in [1.807, 2.05) is 0 Å². The molecule has 1 aromatic rings. The maximum atomic E-state index is 13.3. The molecule has 1 nitrogen and oxygen atoms in total. The lowest BCUT2D eigenvalue weighted by Crippen LogP contribution is -2.12. The lowest BCUT2D eigenvalue weighted by Gasteiger charge is -2.12. The summed E-state index contributed by atoms with van der Waals surface area (Å²) in [5.41, 5.74) is 6.01. The Kier molecular flexibility index (Phi) is 4.43. The molecular formula is C12H15F2N. The Hall–Kier alpha value is -1.22. The second kappa shape index (κ2) is 5.61. The molecule has 1 unspecified atom stereocenters. The number of allylic oxidation sites excluding steroid dienone is 1. The Bertz CT molecular complexity index is 336. The first kappa shape index (κ1) is 11.9. The summed E-state index contributed by atoms with van der Waals surface area (Å²) in [6.07, 6.45) is 4.09. The second-order valence-corrected chi connectivity index (χ2v) is 3.49. The summed E-state index contributed by atoms with van der Waals surface area (Å²) >= 11 is 0. The summed E-state index contributed by atoms with van der Waals surface area (Å²) in [6.45, 7) is 3.59. The van der Waals surface area contributed by atoms with Crippen LogP contribution in [0.2, 0.25) is 0 Å². The average molecular weight is 211 g/mol. The molecule has 0 spiro atoms. The summed E-state index contributed by atoms with van der Waals surface area (Å²) in [4.78, 5) is 0. The monoisotopic (exact) mass is 211 g/mol. The van der Waals surface area contributed by atoms with E-state index in [2.05, 4.69) is 6.58 Å². The number of halogens is 2. The van der Waals surface area contributed by atoms with Crippen LogP contribution in [0.25, 0.3) is 0 Å². The molecule has 0 aliphatic heterocycles. The van der Waals surface area contributed by atoms with E-state index in [0.29, 0.717) is 6.42 Å². The van der Waals surface area contributed by atoms with E-state index >= 15 is 0 Å². The van der Waals surface area contributed by atoms with E-state index in [1.54, 1.807) is 6.08 Å². The summed E-state index contributed by atoms with van der Waals surface area (Å²) in [5, 5.41) is 0. The zero-order chi connectivity index (χ0) is 11.3. The molecule has 0 amide bonds. The first-order valence-electron chi connectivity index (χ1n) is 4.96. The van der Waals surface area contributed by atoms with Gasteiger partial charge in [0.25, 0.3) is 0 Å². The van der Waals surface area contributed by atoms with Crippen LogP contribution in [0, 0.1) is 11.6 Å². The Balaban J connectivity index is 2.67. The summed E-state index contributed by atoms with van der Waals surface area (Å²) in [5.74, 6) is -0.895. The van der Waals surface area contributed by atoms with Crippen LogP contribution in [0.15, 0.2) is 30.9 Å². The van der Waals surface area contributed by atoms with Gasteiger partial charge < -0.3 is 5.73 Å². The largest absolute Gasteiger partial charge is 0.324 e. The first-order chi connectivity index (χ1) is 7.15. The summed E-state index contributed by atoms with van der Waals surface area (Å²) < 4.78 is 26.1. The fourth-order valence-electron chi connectivity index (χ4n) is 1.44. The molecule has 0 heterocycles. The molecule has 82 valence electrons. The lowest BCUT2D eigenvalue weighted by molar-refractivity contribution is 0.539. The quantitative estimate of drug-likeness (QED) is 0.586. The molecule has 15 heavy (non-hydrogen) atoms. The van der Waals surface area contributed by atoms with Crippen molar-refractivity contribution in [3.05, 3.63) is 48.1 Å². The Morgan fingerprint density at radius 2 is 2.13 bits per heavy atom. The van der Waals surface area contributed by atoms with Gasteiger partial charge in [0, 0.05) is 11.6 Å². The van der Waals surface area contributed by atoms with Crippen LogP contribution in [0.3, 0.4) is 0 Å². The van der Waals surface area contributed by atoms with Gasteiger partial charge in [-0.25, -0.2) is 8.78 Å². The highest BCUT2D eigenvalue weighted by atomic mass is 19.1. The van der Waals surface area contributed by atoms with Crippen LogP contribution in [-0.4, -0.2) is 0 Å². The van der Waals surface area contributed by atoms with Crippen LogP contribution in [0.4, 0.5) is 8.78 Å². The van der Waals surface area contributed by atoms with Gasteiger partial charge >= 0.3 is 0 Å². The van der Waals surface area contributed by atoms with Gasteiger partial charge in [-0.15, -0.1) is 6.58 Å². The molecule has 0 saturated heterocycles. The summed E-state index contributed by atoms with van der Waals surface area (Å²) in [6, 6.07) is 2.92. The van der Waals surface area contributed by atoms with Crippen LogP contribution >= 0.6 is 0 Å². The highest BCUT2D eigenvalue weighted by Crippen LogP contribution is 2.20. The third kappa shape index (κ3) is 3.44. The van der Waals surface area contributed by atoms with E-state index < -0.39 is 17.7 Å². The minimum atomic E-state index is -0.453. The Labute approximate surface area is 88.6 Å². The van der Waals surface area contributed by atoms with Crippen LogP contribution < -0.4 is 5.73 Å². The fourth-order valence-corrected chi connectivity index (χ4v) is 1.44. The molecule has 0 fully saturated rings. The topological polar surface area (TPSA) is 26.0 Å². The van der Waals surface area contributed by atoms with E-state index in [9.17, 15) is 8.78 Å². The van der Waals surface area contributed by atoms with Gasteiger partial charge in [-0.1, -0.05) is 6.08 Å². The molecule has 0 aromatic heterocycles. The number of unbranched alkanes of at least 4 members (excludes halogenated alkanes) is 1. The highest BCUT2D eigenvalue weighted by molar-refractivity contribution is 5.21. The molecular weight excluding hydrogens is 196 g/mol. The maximum absolute atomic E-state index is 13.3. The van der Waals surface area contributed by atoms with Crippen molar-refractivity contribution in [3.63, 3.8) is 0 Å². The van der Waals surface area contributed by atoms with Gasteiger partial charge in [0.15, 0.2) is 0 Å². The van der Waals surface area contributed by atoms with Crippen molar-refractivity contribution < 1.29 is 8.78 Å². The van der Waals surface area contributed by atoms with Gasteiger partial charge in [-0.05, 0) is 37.5 Å². The molecule has 0 saturated carbocycles. The summed E-state index contributed by atoms with van der Waals surface area (Å²) in [7, 11) is 0. The van der Waals surface area contributed by atoms with Crippen LogP contribution in [-0.2, 0) is 0 Å². The molecule has 0 aliphatic carbocycles. The maximum Gasteiger partial charge on any atom is 0.128 e. The molecule has 0 radical (unpaired) electrons. The van der Waals surface area contributed by atoms with Crippen LogP contribution in [0.1, 0.15) is 30.9 Å². The fraction of sp³-hybridized carbons (Fsp3) is 0.333. The van der Waals surface area contributed by atoms with Crippen molar-refractivity contribution in [1.82, 2.24) is 0 Å². The lowest BCUT2D eigenvalue weighted by atomic mass is 10.0. The standard InChI is InChI=1S/C12H15F2N/c1-2-3-4-5-12(15)10-8-9(13)6-7-11(10)14/h2,6-8,12H,1,3-5,15H2. The van der Waals surface area contributed by atoms with E-state index in [0.717, 1.165) is 31.0 Å². The van der Waals surface area contributed by atoms with Crippen molar-refractivity contribution in [2.75, 3.05) is 0 Å². The van der Waals surface area contributed by atoms with Crippen LogP contribution in [0.5, 0.6) is 0 Å². The third-order valence-corrected chi connectivity index (χ3v) is 2.28. The molecule has 1 rings (SSSR count). The second-order valence-electron chi connectivity index (χ2n) is 3.49. The molecule has 3 heteroatoms. The third-order valence-electron chi connectivity index (χ3n) is 2.28. The molecule has 2 N–H and O–H groups in total. The highest BCUT2D eigenvalue weighted by Gasteiger charge is 2.11. The zero-order valence-electron chi connectivity index (χ0n) is 8.55. The normalized spacial score (nSPS) is 12.5.